The molecule has 1 atom stereocenters. The van der Waals surface area contributed by atoms with Gasteiger partial charge in [-0.1, -0.05) is 27.7 Å². The molecule has 0 aromatic heterocycles. The first kappa shape index (κ1) is 18.0. The monoisotopic (exact) mass is 312 g/mol. The lowest BCUT2D eigenvalue weighted by atomic mass is 9.80. The van der Waals surface area contributed by atoms with Crippen molar-refractivity contribution in [3.8, 4) is 0 Å². The van der Waals surface area contributed by atoms with Gasteiger partial charge in [-0.15, -0.1) is 0 Å². The Kier molecular flexibility index (Phi) is 5.59. The molecule has 6 nitrogen and oxygen atoms in total. The summed E-state index contributed by atoms with van der Waals surface area (Å²) < 4.78 is 13.8. The third kappa shape index (κ3) is 4.24. The molecule has 1 unspecified atom stereocenters. The molecule has 0 bridgehead atoms. The van der Waals surface area contributed by atoms with E-state index in [0.717, 1.165) is 12.1 Å². The van der Waals surface area contributed by atoms with Crippen LogP contribution >= 0.6 is 0 Å². The van der Waals surface area contributed by atoms with Crippen molar-refractivity contribution in [3.05, 3.63) is 39.7 Å². The first-order valence-corrected chi connectivity index (χ1v) is 6.96. The number of nitrogens with zero attached hydrogens (tertiary/aromatic N) is 1. The van der Waals surface area contributed by atoms with Crippen LogP contribution in [0.1, 0.15) is 38.1 Å². The van der Waals surface area contributed by atoms with Crippen LogP contribution in [0.5, 0.6) is 0 Å². The van der Waals surface area contributed by atoms with Crippen molar-refractivity contribution < 1.29 is 19.2 Å². The lowest BCUT2D eigenvalue weighted by molar-refractivity contribution is -0.385. The Morgan fingerprint density at radius 3 is 2.50 bits per heavy atom. The van der Waals surface area contributed by atoms with Crippen LogP contribution in [0.3, 0.4) is 0 Å². The van der Waals surface area contributed by atoms with Crippen molar-refractivity contribution in [1.29, 1.82) is 0 Å². The van der Waals surface area contributed by atoms with Gasteiger partial charge in [-0.25, -0.2) is 4.39 Å². The minimum Gasteiger partial charge on any atom is -0.392 e. The van der Waals surface area contributed by atoms with Gasteiger partial charge in [0.25, 0.3) is 11.6 Å². The van der Waals surface area contributed by atoms with E-state index in [1.165, 1.54) is 0 Å². The molecule has 1 amide bonds. The molecule has 7 heteroatoms. The van der Waals surface area contributed by atoms with Gasteiger partial charge in [-0.2, -0.15) is 0 Å². The second-order valence-corrected chi connectivity index (χ2v) is 6.28. The molecule has 0 fully saturated rings. The number of aliphatic hydroxyl groups is 1. The quantitative estimate of drug-likeness (QED) is 0.623. The molecule has 0 aliphatic heterocycles. The Hall–Kier alpha value is -2.02. The van der Waals surface area contributed by atoms with Crippen LogP contribution < -0.4 is 5.32 Å². The van der Waals surface area contributed by atoms with E-state index in [0.29, 0.717) is 6.07 Å². The highest BCUT2D eigenvalue weighted by molar-refractivity contribution is 5.94. The predicted octanol–water partition coefficient (Wildman–Crippen LogP) is 2.51. The van der Waals surface area contributed by atoms with Gasteiger partial charge in [0.15, 0.2) is 0 Å². The molecule has 0 radical (unpaired) electrons. The summed E-state index contributed by atoms with van der Waals surface area (Å²) in [5.41, 5.74) is -1.26. The molecule has 0 aliphatic carbocycles. The van der Waals surface area contributed by atoms with Crippen molar-refractivity contribution >= 4 is 11.6 Å². The molecule has 2 N–H and O–H groups in total. The number of amides is 1. The number of nitrogens with one attached hydrogen (secondary N) is 1. The molecule has 0 heterocycles. The summed E-state index contributed by atoms with van der Waals surface area (Å²) in [6.45, 7) is 7.48. The van der Waals surface area contributed by atoms with Crippen LogP contribution in [-0.4, -0.2) is 28.6 Å². The van der Waals surface area contributed by atoms with Crippen LogP contribution in [0.4, 0.5) is 10.1 Å². The number of hydrogen-bond acceptors (Lipinski definition) is 4. The molecular weight excluding hydrogens is 291 g/mol. The average molecular weight is 312 g/mol. The zero-order valence-electron chi connectivity index (χ0n) is 13.1. The van der Waals surface area contributed by atoms with E-state index in [-0.39, 0.29) is 18.0 Å². The van der Waals surface area contributed by atoms with Crippen molar-refractivity contribution in [2.45, 2.75) is 33.8 Å². The van der Waals surface area contributed by atoms with Gasteiger partial charge in [-0.05, 0) is 12.0 Å². The summed E-state index contributed by atoms with van der Waals surface area (Å²) in [6.07, 6.45) is -0.630. The molecule has 0 aliphatic rings. The van der Waals surface area contributed by atoms with Crippen molar-refractivity contribution in [2.75, 3.05) is 6.54 Å². The Balaban J connectivity index is 2.80. The third-order valence-electron chi connectivity index (χ3n) is 3.54. The third-order valence-corrected chi connectivity index (χ3v) is 3.54. The molecule has 1 aromatic carbocycles. The lowest BCUT2D eigenvalue weighted by Crippen LogP contribution is -2.43. The summed E-state index contributed by atoms with van der Waals surface area (Å²) in [4.78, 5) is 21.8. The highest BCUT2D eigenvalue weighted by atomic mass is 19.1. The summed E-state index contributed by atoms with van der Waals surface area (Å²) in [7, 11) is 0. The molecule has 1 rings (SSSR count). The average Bonchev–Trinajstić information content (AvgIpc) is 2.43. The van der Waals surface area contributed by atoms with E-state index < -0.39 is 33.9 Å². The van der Waals surface area contributed by atoms with Gasteiger partial charge in [0.2, 0.25) is 0 Å². The zero-order valence-corrected chi connectivity index (χ0v) is 13.1. The van der Waals surface area contributed by atoms with Crippen LogP contribution in [-0.2, 0) is 0 Å². The van der Waals surface area contributed by atoms with E-state index in [1.807, 2.05) is 13.8 Å². The highest BCUT2D eigenvalue weighted by Gasteiger charge is 2.31. The number of carbonyl (C=O) groups excluding carboxylic acids is 1. The number of aliphatic hydroxyl groups excluding tert-OH is 1. The number of rotatable bonds is 6. The van der Waals surface area contributed by atoms with Gasteiger partial charge in [0.1, 0.15) is 5.82 Å². The first-order valence-electron chi connectivity index (χ1n) is 6.96. The number of nitro groups is 1. The van der Waals surface area contributed by atoms with E-state index in [2.05, 4.69) is 5.32 Å². The maximum Gasteiger partial charge on any atom is 0.272 e. The first-order chi connectivity index (χ1) is 10.1. The Morgan fingerprint density at radius 1 is 1.45 bits per heavy atom. The van der Waals surface area contributed by atoms with E-state index in [9.17, 15) is 24.4 Å². The number of benzene rings is 1. The minimum atomic E-state index is -0.950. The standard InChI is InChI=1S/C15H21FN2O4/c1-9(2)13(19)15(3,4)8-17-14(20)11-6-5-10(18(21)22)7-12(11)16/h5-7,9,13,19H,8H2,1-4H3,(H,17,20). The van der Waals surface area contributed by atoms with Gasteiger partial charge >= 0.3 is 0 Å². The van der Waals surface area contributed by atoms with E-state index in [4.69, 9.17) is 0 Å². The van der Waals surface area contributed by atoms with E-state index in [1.54, 1.807) is 13.8 Å². The molecular formula is C15H21FN2O4. The van der Waals surface area contributed by atoms with Crippen molar-refractivity contribution in [3.63, 3.8) is 0 Å². The van der Waals surface area contributed by atoms with Crippen molar-refractivity contribution in [1.82, 2.24) is 5.32 Å². The molecule has 1 aromatic rings. The van der Waals surface area contributed by atoms with Gasteiger partial charge < -0.3 is 10.4 Å². The Bertz CT molecular complexity index is 573. The summed E-state index contributed by atoms with van der Waals surface area (Å²) in [6, 6.07) is 2.86. The number of non-ortho nitro benzene ring substituents is 1. The second kappa shape index (κ2) is 6.83. The van der Waals surface area contributed by atoms with Crippen LogP contribution in [0.25, 0.3) is 0 Å². The smallest absolute Gasteiger partial charge is 0.272 e. The molecule has 22 heavy (non-hydrogen) atoms. The number of nitro benzene ring substituents is 1. The SMILES string of the molecule is CC(C)C(O)C(C)(C)CNC(=O)c1ccc([N+](=O)[O-])cc1F. The number of hydrogen-bond donors (Lipinski definition) is 2. The highest BCUT2D eigenvalue weighted by Crippen LogP contribution is 2.25. The fourth-order valence-corrected chi connectivity index (χ4v) is 2.21. The summed E-state index contributed by atoms with van der Waals surface area (Å²) in [5.74, 6) is -1.60. The fraction of sp³-hybridized carbons (Fsp3) is 0.533. The summed E-state index contributed by atoms with van der Waals surface area (Å²) >= 11 is 0. The predicted molar refractivity (Wildman–Crippen MR) is 80.0 cm³/mol. The van der Waals surface area contributed by atoms with Gasteiger partial charge in [0, 0.05) is 18.0 Å². The second-order valence-electron chi connectivity index (χ2n) is 6.28. The normalized spacial score (nSPS) is 13.0. The van der Waals surface area contributed by atoms with Crippen LogP contribution in [0.15, 0.2) is 18.2 Å². The molecule has 0 spiro atoms. The maximum absolute atomic E-state index is 13.8. The molecule has 0 saturated heterocycles. The maximum atomic E-state index is 13.8. The minimum absolute atomic E-state index is 0.0167. The summed E-state index contributed by atoms with van der Waals surface area (Å²) in [5, 5.41) is 23.2. The zero-order chi connectivity index (χ0) is 17.1. The molecule has 122 valence electrons. The van der Waals surface area contributed by atoms with E-state index >= 15 is 0 Å². The lowest BCUT2D eigenvalue weighted by Gasteiger charge is -2.33. The Labute approximate surface area is 128 Å². The van der Waals surface area contributed by atoms with Crippen LogP contribution in [0, 0.1) is 27.3 Å². The van der Waals surface area contributed by atoms with Crippen molar-refractivity contribution in [2.24, 2.45) is 11.3 Å². The number of halogens is 1. The van der Waals surface area contributed by atoms with Gasteiger partial charge in [0.05, 0.1) is 22.7 Å². The molecule has 0 saturated carbocycles. The fourth-order valence-electron chi connectivity index (χ4n) is 2.21. The largest absolute Gasteiger partial charge is 0.392 e. The van der Waals surface area contributed by atoms with Crippen LogP contribution in [0.2, 0.25) is 0 Å². The van der Waals surface area contributed by atoms with Gasteiger partial charge in [-0.3, -0.25) is 14.9 Å². The topological polar surface area (TPSA) is 92.5 Å². The number of carbonyl (C=O) groups is 1. The Morgan fingerprint density at radius 2 is 2.05 bits per heavy atom.